The fourth-order valence-electron chi connectivity index (χ4n) is 3.49. The lowest BCUT2D eigenvalue weighted by atomic mass is 10.1. The average Bonchev–Trinajstić information content (AvgIpc) is 3.23. The molecule has 1 unspecified atom stereocenters. The van der Waals surface area contributed by atoms with Gasteiger partial charge < -0.3 is 5.32 Å². The Morgan fingerprint density at radius 3 is 2.81 bits per heavy atom. The van der Waals surface area contributed by atoms with Crippen LogP contribution in [0.15, 0.2) is 36.5 Å². The summed E-state index contributed by atoms with van der Waals surface area (Å²) in [5, 5.41) is 16.9. The van der Waals surface area contributed by atoms with Gasteiger partial charge in [-0.3, -0.25) is 9.58 Å². The average molecular weight is 351 g/mol. The van der Waals surface area contributed by atoms with Gasteiger partial charge in [0.25, 0.3) is 0 Å². The second-order valence-corrected chi connectivity index (χ2v) is 6.99. The number of likely N-dealkylation sites (N-methyl/N-ethyl adjacent to an activating group) is 1. The quantitative estimate of drug-likeness (QED) is 0.762. The Labute approximate surface area is 153 Å². The van der Waals surface area contributed by atoms with E-state index in [9.17, 15) is 0 Å². The molecule has 1 N–H and O–H groups in total. The number of fused-ring (bicyclic) bond motifs is 1. The maximum atomic E-state index is 4.52. The minimum absolute atomic E-state index is 0.115. The summed E-state index contributed by atoms with van der Waals surface area (Å²) in [6.07, 6.45) is 1.99. The Kier molecular flexibility index (Phi) is 4.57. The van der Waals surface area contributed by atoms with Crippen LogP contribution in [-0.2, 0) is 19.6 Å². The zero-order valence-corrected chi connectivity index (χ0v) is 15.6. The maximum absolute atomic E-state index is 4.52. The Hall–Kier alpha value is -2.51. The van der Waals surface area contributed by atoms with E-state index in [1.807, 2.05) is 41.2 Å². The van der Waals surface area contributed by atoms with Gasteiger partial charge in [-0.15, -0.1) is 5.10 Å². The molecule has 0 fully saturated rings. The first-order valence-corrected chi connectivity index (χ1v) is 9.06. The molecule has 1 aliphatic rings. The van der Waals surface area contributed by atoms with Crippen LogP contribution >= 0.6 is 0 Å². The van der Waals surface area contributed by atoms with Gasteiger partial charge in [0.05, 0.1) is 35.9 Å². The van der Waals surface area contributed by atoms with Crippen LogP contribution < -0.4 is 5.32 Å². The molecule has 2 aromatic heterocycles. The number of hydrogen-bond acceptors (Lipinski definition) is 5. The van der Waals surface area contributed by atoms with Crippen molar-refractivity contribution in [1.29, 1.82) is 0 Å². The Balaban J connectivity index is 1.47. The van der Waals surface area contributed by atoms with Crippen LogP contribution in [0.3, 0.4) is 0 Å². The highest BCUT2D eigenvalue weighted by Crippen LogP contribution is 2.20. The molecule has 1 aliphatic heterocycles. The van der Waals surface area contributed by atoms with Gasteiger partial charge in [0.15, 0.2) is 0 Å². The zero-order chi connectivity index (χ0) is 18.1. The van der Waals surface area contributed by atoms with Gasteiger partial charge >= 0.3 is 0 Å². The van der Waals surface area contributed by atoms with Crippen LogP contribution in [0.4, 0.5) is 0 Å². The maximum Gasteiger partial charge on any atom is 0.103 e. The molecule has 0 aliphatic carbocycles. The highest BCUT2D eigenvalue weighted by atomic mass is 15.4. The monoisotopic (exact) mass is 351 g/mol. The second kappa shape index (κ2) is 7.01. The number of nitrogens with zero attached hydrogens (tertiary/aromatic N) is 6. The summed E-state index contributed by atoms with van der Waals surface area (Å²) >= 11 is 0. The van der Waals surface area contributed by atoms with E-state index in [0.29, 0.717) is 0 Å². The van der Waals surface area contributed by atoms with Crippen molar-refractivity contribution in [1.82, 2.24) is 35.0 Å². The molecule has 7 nitrogen and oxygen atoms in total. The molecule has 136 valence electrons. The van der Waals surface area contributed by atoms with Gasteiger partial charge in [-0.05, 0) is 33.0 Å². The smallest absolute Gasteiger partial charge is 0.103 e. The van der Waals surface area contributed by atoms with Crippen molar-refractivity contribution in [2.24, 2.45) is 0 Å². The molecule has 1 aromatic carbocycles. The molecule has 0 amide bonds. The molecule has 0 saturated carbocycles. The summed E-state index contributed by atoms with van der Waals surface area (Å²) in [6, 6.07) is 10.2. The first kappa shape index (κ1) is 16.9. The van der Waals surface area contributed by atoms with Gasteiger partial charge in [-0.2, -0.15) is 5.10 Å². The molecule has 0 bridgehead atoms. The highest BCUT2D eigenvalue weighted by molar-refractivity contribution is 5.33. The lowest BCUT2D eigenvalue weighted by molar-refractivity contribution is 0.257. The Bertz CT molecular complexity index is 881. The standard InChI is InChI=1S/C19H25N7/c1-14(19-15(2)26(23-22-19)17-7-5-4-6-8-17)20-11-16-12-21-25-10-9-24(3)13-18(16)25/h4-8,12,14,20H,9-11,13H2,1-3H3. The molecule has 3 heterocycles. The van der Waals surface area contributed by atoms with Gasteiger partial charge in [0.1, 0.15) is 5.69 Å². The van der Waals surface area contributed by atoms with Crippen molar-refractivity contribution in [3.05, 3.63) is 59.2 Å². The van der Waals surface area contributed by atoms with E-state index in [-0.39, 0.29) is 6.04 Å². The number of nitrogens with one attached hydrogen (secondary N) is 1. The summed E-state index contributed by atoms with van der Waals surface area (Å²) in [7, 11) is 2.15. The van der Waals surface area contributed by atoms with Crippen molar-refractivity contribution in [2.75, 3.05) is 13.6 Å². The molecule has 1 atom stereocenters. The minimum atomic E-state index is 0.115. The summed E-state index contributed by atoms with van der Waals surface area (Å²) in [6.45, 7) is 7.95. The van der Waals surface area contributed by atoms with E-state index in [1.54, 1.807) is 0 Å². The summed E-state index contributed by atoms with van der Waals surface area (Å²) in [4.78, 5) is 2.33. The van der Waals surface area contributed by atoms with E-state index < -0.39 is 0 Å². The second-order valence-electron chi connectivity index (χ2n) is 6.99. The number of benzene rings is 1. The van der Waals surface area contributed by atoms with Crippen molar-refractivity contribution in [2.45, 2.75) is 39.5 Å². The van der Waals surface area contributed by atoms with Crippen LogP contribution in [0.5, 0.6) is 0 Å². The largest absolute Gasteiger partial charge is 0.304 e. The summed E-state index contributed by atoms with van der Waals surface area (Å²) in [5.41, 5.74) is 5.64. The fourth-order valence-corrected chi connectivity index (χ4v) is 3.49. The first-order chi connectivity index (χ1) is 12.6. The van der Waals surface area contributed by atoms with Crippen LogP contribution in [0.1, 0.15) is 35.6 Å². The molecule has 0 radical (unpaired) electrons. The van der Waals surface area contributed by atoms with E-state index in [0.717, 1.165) is 43.3 Å². The minimum Gasteiger partial charge on any atom is -0.304 e. The zero-order valence-electron chi connectivity index (χ0n) is 15.6. The molecule has 7 heteroatoms. The summed E-state index contributed by atoms with van der Waals surface area (Å²) < 4.78 is 4.02. The van der Waals surface area contributed by atoms with E-state index in [1.165, 1.54) is 11.3 Å². The molecule has 26 heavy (non-hydrogen) atoms. The molecular weight excluding hydrogens is 326 g/mol. The normalized spacial score (nSPS) is 15.8. The molecule has 0 spiro atoms. The van der Waals surface area contributed by atoms with Crippen LogP contribution in [-0.4, -0.2) is 43.3 Å². The third kappa shape index (κ3) is 3.15. The predicted octanol–water partition coefficient (Wildman–Crippen LogP) is 2.07. The number of para-hydroxylation sites is 1. The highest BCUT2D eigenvalue weighted by Gasteiger charge is 2.20. The molecular formula is C19H25N7. The lowest BCUT2D eigenvalue weighted by Crippen LogP contribution is -2.31. The van der Waals surface area contributed by atoms with Crippen molar-refractivity contribution in [3.63, 3.8) is 0 Å². The fraction of sp³-hybridized carbons (Fsp3) is 0.421. The van der Waals surface area contributed by atoms with Crippen LogP contribution in [0.2, 0.25) is 0 Å². The Morgan fingerprint density at radius 2 is 2.00 bits per heavy atom. The van der Waals surface area contributed by atoms with E-state index in [2.05, 4.69) is 51.2 Å². The predicted molar refractivity (Wildman–Crippen MR) is 99.9 cm³/mol. The number of hydrogen-bond donors (Lipinski definition) is 1. The topological polar surface area (TPSA) is 63.8 Å². The molecule has 3 aromatic rings. The number of aromatic nitrogens is 5. The Morgan fingerprint density at radius 1 is 1.19 bits per heavy atom. The number of rotatable bonds is 5. The SMILES string of the molecule is Cc1c(C(C)NCc2cnn3c2CN(C)CC3)nnn1-c1ccccc1. The first-order valence-electron chi connectivity index (χ1n) is 9.06. The van der Waals surface area contributed by atoms with Crippen molar-refractivity contribution >= 4 is 0 Å². The van der Waals surface area contributed by atoms with Gasteiger partial charge in [0.2, 0.25) is 0 Å². The third-order valence-electron chi connectivity index (χ3n) is 5.09. The van der Waals surface area contributed by atoms with Crippen LogP contribution in [0, 0.1) is 6.92 Å². The van der Waals surface area contributed by atoms with E-state index >= 15 is 0 Å². The van der Waals surface area contributed by atoms with Crippen LogP contribution in [0.25, 0.3) is 5.69 Å². The molecule has 0 saturated heterocycles. The van der Waals surface area contributed by atoms with E-state index in [4.69, 9.17) is 0 Å². The lowest BCUT2D eigenvalue weighted by Gasteiger charge is -2.24. The summed E-state index contributed by atoms with van der Waals surface area (Å²) in [5.74, 6) is 0. The van der Waals surface area contributed by atoms with Gasteiger partial charge in [-0.25, -0.2) is 4.68 Å². The van der Waals surface area contributed by atoms with Gasteiger partial charge in [0, 0.05) is 25.2 Å². The van der Waals surface area contributed by atoms with Crippen molar-refractivity contribution in [3.8, 4) is 5.69 Å². The van der Waals surface area contributed by atoms with Gasteiger partial charge in [-0.1, -0.05) is 23.4 Å². The molecule has 4 rings (SSSR count). The third-order valence-corrected chi connectivity index (χ3v) is 5.09. The van der Waals surface area contributed by atoms with Crippen molar-refractivity contribution < 1.29 is 0 Å².